The van der Waals surface area contributed by atoms with Gasteiger partial charge in [0.25, 0.3) is 0 Å². The SMILES string of the molecule is CCOC(=O)C(CC12CC3CC(CC(C3)C1)C2)N(C(=O)OC(C)(C)C)C(=O)OC(C)(C)C. The lowest BCUT2D eigenvalue weighted by Gasteiger charge is -2.57. The highest BCUT2D eigenvalue weighted by molar-refractivity contribution is 5.94. The van der Waals surface area contributed by atoms with Gasteiger partial charge in [0.2, 0.25) is 0 Å². The van der Waals surface area contributed by atoms with E-state index in [0.29, 0.717) is 24.2 Å². The van der Waals surface area contributed by atoms with Crippen LogP contribution >= 0.6 is 0 Å². The predicted octanol–water partition coefficient (Wildman–Crippen LogP) is 5.70. The van der Waals surface area contributed by atoms with E-state index in [4.69, 9.17) is 14.2 Å². The first kappa shape index (κ1) is 24.8. The summed E-state index contributed by atoms with van der Waals surface area (Å²) in [5.41, 5.74) is -1.69. The Morgan fingerprint density at radius 3 is 1.59 bits per heavy atom. The summed E-state index contributed by atoms with van der Waals surface area (Å²) in [6.07, 6.45) is 5.63. The van der Waals surface area contributed by atoms with Gasteiger partial charge in [0.15, 0.2) is 0 Å². The van der Waals surface area contributed by atoms with Gasteiger partial charge in [-0.1, -0.05) is 0 Å². The van der Waals surface area contributed by atoms with E-state index in [9.17, 15) is 14.4 Å². The van der Waals surface area contributed by atoms with Gasteiger partial charge in [-0.25, -0.2) is 14.4 Å². The van der Waals surface area contributed by atoms with E-state index < -0.39 is 35.4 Å². The van der Waals surface area contributed by atoms with E-state index in [0.717, 1.165) is 24.2 Å². The number of ether oxygens (including phenoxy) is 3. The summed E-state index contributed by atoms with van der Waals surface area (Å²) in [5, 5.41) is 0. The molecule has 0 saturated heterocycles. The molecule has 4 fully saturated rings. The lowest BCUT2D eigenvalue weighted by atomic mass is 9.48. The molecular weight excluding hydrogens is 410 g/mol. The Morgan fingerprint density at radius 1 is 0.844 bits per heavy atom. The third-order valence-electron chi connectivity index (χ3n) is 6.84. The second kappa shape index (κ2) is 8.86. The molecular formula is C25H41NO6. The molecule has 0 radical (unpaired) electrons. The smallest absolute Gasteiger partial charge is 0.420 e. The van der Waals surface area contributed by atoms with E-state index in [1.54, 1.807) is 48.5 Å². The van der Waals surface area contributed by atoms with Crippen molar-refractivity contribution in [1.29, 1.82) is 0 Å². The quantitative estimate of drug-likeness (QED) is 0.394. The number of carbonyl (C=O) groups excluding carboxylic acids is 3. The normalized spacial score (nSPS) is 29.9. The van der Waals surface area contributed by atoms with Crippen LogP contribution in [0.15, 0.2) is 0 Å². The zero-order valence-corrected chi connectivity index (χ0v) is 20.9. The minimum absolute atomic E-state index is 0.0472. The molecule has 4 rings (SSSR count). The van der Waals surface area contributed by atoms with Crippen molar-refractivity contribution in [2.75, 3.05) is 6.61 Å². The zero-order valence-electron chi connectivity index (χ0n) is 20.9. The fraction of sp³-hybridized carbons (Fsp3) is 0.880. The van der Waals surface area contributed by atoms with Crippen LogP contribution in [0.1, 0.15) is 93.4 Å². The van der Waals surface area contributed by atoms with Crippen molar-refractivity contribution in [2.24, 2.45) is 23.2 Å². The van der Waals surface area contributed by atoms with E-state index in [-0.39, 0.29) is 12.0 Å². The van der Waals surface area contributed by atoms with Crippen LogP contribution < -0.4 is 0 Å². The molecule has 2 amide bonds. The molecule has 0 N–H and O–H groups in total. The van der Waals surface area contributed by atoms with Crippen molar-refractivity contribution in [3.63, 3.8) is 0 Å². The van der Waals surface area contributed by atoms with Gasteiger partial charge in [-0.15, -0.1) is 0 Å². The standard InChI is InChI=1S/C25H41NO6/c1-8-30-20(27)19(15-25-12-16-9-17(13-25)11-18(10-16)14-25)26(21(28)31-23(2,3)4)22(29)32-24(5,6)7/h16-19H,8-15H2,1-7H3. The minimum Gasteiger partial charge on any atom is -0.464 e. The monoisotopic (exact) mass is 451 g/mol. The third kappa shape index (κ3) is 5.96. The molecule has 4 aliphatic rings. The maximum absolute atomic E-state index is 13.2. The highest BCUT2D eigenvalue weighted by Crippen LogP contribution is 2.61. The van der Waals surface area contributed by atoms with Crippen molar-refractivity contribution in [3.05, 3.63) is 0 Å². The number of nitrogens with zero attached hydrogens (tertiary/aromatic N) is 1. The van der Waals surface area contributed by atoms with Crippen molar-refractivity contribution < 1.29 is 28.6 Å². The van der Waals surface area contributed by atoms with Gasteiger partial charge < -0.3 is 14.2 Å². The van der Waals surface area contributed by atoms with Crippen molar-refractivity contribution in [3.8, 4) is 0 Å². The number of amides is 2. The summed E-state index contributed by atoms with van der Waals surface area (Å²) in [5.74, 6) is 1.47. The van der Waals surface area contributed by atoms with Crippen LogP contribution in [-0.2, 0) is 19.0 Å². The van der Waals surface area contributed by atoms with Crippen LogP contribution in [0.5, 0.6) is 0 Å². The number of imide groups is 1. The summed E-state index contributed by atoms with van der Waals surface area (Å²) >= 11 is 0. The first-order valence-electron chi connectivity index (χ1n) is 12.1. The third-order valence-corrected chi connectivity index (χ3v) is 6.84. The summed E-state index contributed by atoms with van der Waals surface area (Å²) < 4.78 is 16.5. The maximum Gasteiger partial charge on any atom is 0.420 e. The first-order chi connectivity index (χ1) is 14.7. The largest absolute Gasteiger partial charge is 0.464 e. The fourth-order valence-corrected chi connectivity index (χ4v) is 6.42. The lowest BCUT2D eigenvalue weighted by Crippen LogP contribution is -2.56. The van der Waals surface area contributed by atoms with Crippen molar-refractivity contribution >= 4 is 18.2 Å². The second-order valence-electron chi connectivity index (χ2n) is 12.2. The summed E-state index contributed by atoms with van der Waals surface area (Å²) in [4.78, 5) is 40.5. The fourth-order valence-electron chi connectivity index (χ4n) is 6.42. The van der Waals surface area contributed by atoms with Gasteiger partial charge in [-0.05, 0) is 117 Å². The lowest BCUT2D eigenvalue weighted by molar-refractivity contribution is -0.153. The molecule has 1 atom stereocenters. The Balaban J connectivity index is 1.93. The molecule has 0 spiro atoms. The van der Waals surface area contributed by atoms with Gasteiger partial charge in [-0.3, -0.25) is 0 Å². The van der Waals surface area contributed by atoms with Gasteiger partial charge in [0, 0.05) is 0 Å². The number of hydrogen-bond donors (Lipinski definition) is 0. The topological polar surface area (TPSA) is 82.1 Å². The molecule has 0 aromatic rings. The molecule has 7 heteroatoms. The van der Waals surface area contributed by atoms with Crippen LogP contribution in [0.25, 0.3) is 0 Å². The molecule has 0 aromatic heterocycles. The molecule has 0 aromatic carbocycles. The molecule has 7 nitrogen and oxygen atoms in total. The molecule has 0 heterocycles. The van der Waals surface area contributed by atoms with E-state index in [1.165, 1.54) is 19.3 Å². The maximum atomic E-state index is 13.2. The summed E-state index contributed by atoms with van der Waals surface area (Å²) in [6.45, 7) is 12.3. The van der Waals surface area contributed by atoms with Crippen LogP contribution in [-0.4, -0.2) is 46.9 Å². The van der Waals surface area contributed by atoms with E-state index >= 15 is 0 Å². The van der Waals surface area contributed by atoms with Crippen LogP contribution in [0.3, 0.4) is 0 Å². The molecule has 1 unspecified atom stereocenters. The summed E-state index contributed by atoms with van der Waals surface area (Å²) in [7, 11) is 0. The highest BCUT2D eigenvalue weighted by atomic mass is 16.6. The van der Waals surface area contributed by atoms with Gasteiger partial charge in [-0.2, -0.15) is 4.90 Å². The van der Waals surface area contributed by atoms with Crippen molar-refractivity contribution in [1.82, 2.24) is 4.90 Å². The summed E-state index contributed by atoms with van der Waals surface area (Å²) in [6, 6.07) is -1.06. The number of hydrogen-bond acceptors (Lipinski definition) is 6. The molecule has 4 aliphatic carbocycles. The molecule has 32 heavy (non-hydrogen) atoms. The Kier molecular flexibility index (Phi) is 6.88. The zero-order chi connectivity index (χ0) is 23.9. The molecule has 0 aliphatic heterocycles. The minimum atomic E-state index is -1.06. The predicted molar refractivity (Wildman–Crippen MR) is 120 cm³/mol. The Labute approximate surface area is 192 Å². The van der Waals surface area contributed by atoms with Gasteiger partial charge in [0.05, 0.1) is 6.61 Å². The Hall–Kier alpha value is -1.79. The Bertz CT molecular complexity index is 668. The molecule has 4 bridgehead atoms. The Morgan fingerprint density at radius 2 is 1.25 bits per heavy atom. The average molecular weight is 452 g/mol. The number of esters is 1. The van der Waals surface area contributed by atoms with E-state index in [2.05, 4.69) is 0 Å². The van der Waals surface area contributed by atoms with Crippen LogP contribution in [0, 0.1) is 23.2 Å². The second-order valence-corrected chi connectivity index (χ2v) is 12.2. The first-order valence-corrected chi connectivity index (χ1v) is 12.1. The average Bonchev–Trinajstić information content (AvgIpc) is 2.56. The number of rotatable bonds is 5. The number of carbonyl (C=O) groups is 3. The highest BCUT2D eigenvalue weighted by Gasteiger charge is 2.54. The van der Waals surface area contributed by atoms with Gasteiger partial charge in [0.1, 0.15) is 17.2 Å². The van der Waals surface area contributed by atoms with Crippen molar-refractivity contribution in [2.45, 2.75) is 111 Å². The van der Waals surface area contributed by atoms with Crippen LogP contribution in [0.2, 0.25) is 0 Å². The molecule has 4 saturated carbocycles. The van der Waals surface area contributed by atoms with Crippen LogP contribution in [0.4, 0.5) is 9.59 Å². The van der Waals surface area contributed by atoms with E-state index in [1.807, 2.05) is 0 Å². The molecule has 182 valence electrons. The van der Waals surface area contributed by atoms with Gasteiger partial charge >= 0.3 is 18.2 Å².